The van der Waals surface area contributed by atoms with Gasteiger partial charge in [0.25, 0.3) is 0 Å². The fraction of sp³-hybridized carbons (Fsp3) is 0.435. The van der Waals surface area contributed by atoms with Gasteiger partial charge in [0, 0.05) is 12.6 Å². The molecule has 2 aromatic carbocycles. The van der Waals surface area contributed by atoms with Crippen molar-refractivity contribution >= 4 is 5.91 Å². The van der Waals surface area contributed by atoms with Crippen molar-refractivity contribution in [1.82, 2.24) is 9.80 Å². The number of phenolic OH excluding ortho intramolecular Hbond substituents is 1. The molecule has 1 heterocycles. The number of hydrogen-bond acceptors (Lipinski definition) is 4. The average molecular weight is 383 g/mol. The summed E-state index contributed by atoms with van der Waals surface area (Å²) in [6, 6.07) is 13.8. The number of aryl methyl sites for hydroxylation is 1. The molecule has 0 spiro atoms. The number of nitrogens with zero attached hydrogens (tertiary/aromatic N) is 2. The summed E-state index contributed by atoms with van der Waals surface area (Å²) in [5.41, 5.74) is 3.16. The third-order valence-electron chi connectivity index (χ3n) is 5.52. The summed E-state index contributed by atoms with van der Waals surface area (Å²) in [6.45, 7) is 4.70. The Morgan fingerprint density at radius 1 is 1.14 bits per heavy atom. The third-order valence-corrected chi connectivity index (χ3v) is 5.52. The SMILES string of the molecule is COc1ccc(CC(=O)N(Cc2ccc(C)cc2)C2CCN(C)CC2)cc1O. The number of benzene rings is 2. The lowest BCUT2D eigenvalue weighted by atomic mass is 10.0. The summed E-state index contributed by atoms with van der Waals surface area (Å²) >= 11 is 0. The van der Waals surface area contributed by atoms with Gasteiger partial charge in [0.2, 0.25) is 5.91 Å². The number of hydrogen-bond donors (Lipinski definition) is 1. The van der Waals surface area contributed by atoms with Gasteiger partial charge in [-0.25, -0.2) is 0 Å². The fourth-order valence-corrected chi connectivity index (χ4v) is 3.74. The monoisotopic (exact) mass is 382 g/mol. The van der Waals surface area contributed by atoms with E-state index in [1.165, 1.54) is 12.7 Å². The Morgan fingerprint density at radius 2 is 1.79 bits per heavy atom. The molecule has 0 bridgehead atoms. The Kier molecular flexibility index (Phi) is 6.57. The zero-order chi connectivity index (χ0) is 20.1. The molecule has 1 saturated heterocycles. The zero-order valence-corrected chi connectivity index (χ0v) is 17.0. The van der Waals surface area contributed by atoms with Crippen molar-refractivity contribution in [2.24, 2.45) is 0 Å². The lowest BCUT2D eigenvalue weighted by molar-refractivity contribution is -0.134. The van der Waals surface area contributed by atoms with Crippen LogP contribution in [0.4, 0.5) is 0 Å². The molecule has 1 amide bonds. The van der Waals surface area contributed by atoms with E-state index in [2.05, 4.69) is 43.1 Å². The van der Waals surface area contributed by atoms with Crippen molar-refractivity contribution in [3.63, 3.8) is 0 Å². The Labute approximate surface area is 167 Å². The number of methoxy groups -OCH3 is 1. The Hall–Kier alpha value is -2.53. The van der Waals surface area contributed by atoms with Gasteiger partial charge in [-0.05, 0) is 63.2 Å². The highest BCUT2D eigenvalue weighted by atomic mass is 16.5. The Bertz CT molecular complexity index is 796. The van der Waals surface area contributed by atoms with Crippen molar-refractivity contribution in [3.8, 4) is 11.5 Å². The highest BCUT2D eigenvalue weighted by Crippen LogP contribution is 2.27. The number of carbonyl (C=O) groups excluding carboxylic acids is 1. The second-order valence-electron chi connectivity index (χ2n) is 7.72. The minimum atomic E-state index is 0.0668. The molecular formula is C23H30N2O3. The number of likely N-dealkylation sites (tertiary alicyclic amines) is 1. The van der Waals surface area contributed by atoms with E-state index in [0.29, 0.717) is 12.3 Å². The summed E-state index contributed by atoms with van der Waals surface area (Å²) in [5.74, 6) is 0.583. The maximum absolute atomic E-state index is 13.2. The molecule has 3 rings (SSSR count). The molecule has 5 nitrogen and oxygen atoms in total. The van der Waals surface area contributed by atoms with Crippen molar-refractivity contribution < 1.29 is 14.6 Å². The third kappa shape index (κ3) is 5.04. The minimum absolute atomic E-state index is 0.0668. The van der Waals surface area contributed by atoms with Crippen LogP contribution < -0.4 is 4.74 Å². The number of piperidine rings is 1. The Balaban J connectivity index is 1.77. The van der Waals surface area contributed by atoms with Crippen LogP contribution in [-0.2, 0) is 17.8 Å². The summed E-state index contributed by atoms with van der Waals surface area (Å²) in [6.07, 6.45) is 2.25. The summed E-state index contributed by atoms with van der Waals surface area (Å²) in [7, 11) is 3.64. The van der Waals surface area contributed by atoms with E-state index in [9.17, 15) is 9.90 Å². The van der Waals surface area contributed by atoms with Crippen LogP contribution in [-0.4, -0.2) is 54.1 Å². The van der Waals surface area contributed by atoms with Gasteiger partial charge >= 0.3 is 0 Å². The quantitative estimate of drug-likeness (QED) is 0.832. The molecule has 2 aromatic rings. The van der Waals surface area contributed by atoms with Gasteiger partial charge in [0.15, 0.2) is 11.5 Å². The number of phenols is 1. The fourth-order valence-electron chi connectivity index (χ4n) is 3.74. The van der Waals surface area contributed by atoms with E-state index >= 15 is 0 Å². The van der Waals surface area contributed by atoms with Gasteiger partial charge in [-0.3, -0.25) is 4.79 Å². The van der Waals surface area contributed by atoms with Crippen LogP contribution in [0.3, 0.4) is 0 Å². The first-order chi connectivity index (χ1) is 13.5. The van der Waals surface area contributed by atoms with Crippen molar-refractivity contribution in [1.29, 1.82) is 0 Å². The maximum Gasteiger partial charge on any atom is 0.227 e. The van der Waals surface area contributed by atoms with Crippen LogP contribution in [0.2, 0.25) is 0 Å². The van der Waals surface area contributed by atoms with Gasteiger partial charge in [-0.1, -0.05) is 35.9 Å². The Morgan fingerprint density at radius 3 is 2.39 bits per heavy atom. The summed E-state index contributed by atoms with van der Waals surface area (Å²) in [5, 5.41) is 10.0. The molecular weight excluding hydrogens is 352 g/mol. The lowest BCUT2D eigenvalue weighted by Crippen LogP contribution is -2.46. The molecule has 150 valence electrons. The van der Waals surface area contributed by atoms with E-state index < -0.39 is 0 Å². The molecule has 1 aliphatic heterocycles. The highest BCUT2D eigenvalue weighted by Gasteiger charge is 2.27. The summed E-state index contributed by atoms with van der Waals surface area (Å²) < 4.78 is 5.10. The molecule has 0 saturated carbocycles. The van der Waals surface area contributed by atoms with E-state index in [-0.39, 0.29) is 24.1 Å². The predicted octanol–water partition coefficient (Wildman–Crippen LogP) is 3.37. The van der Waals surface area contributed by atoms with Crippen LogP contribution >= 0.6 is 0 Å². The second-order valence-corrected chi connectivity index (χ2v) is 7.72. The molecule has 5 heteroatoms. The van der Waals surface area contributed by atoms with Crippen LogP contribution in [0.5, 0.6) is 11.5 Å². The second kappa shape index (κ2) is 9.11. The van der Waals surface area contributed by atoms with Crippen LogP contribution in [0.1, 0.15) is 29.5 Å². The van der Waals surface area contributed by atoms with E-state index in [0.717, 1.165) is 37.1 Å². The first-order valence-corrected chi connectivity index (χ1v) is 9.85. The minimum Gasteiger partial charge on any atom is -0.504 e. The molecule has 1 aliphatic rings. The molecule has 0 atom stereocenters. The van der Waals surface area contributed by atoms with Crippen LogP contribution in [0.25, 0.3) is 0 Å². The van der Waals surface area contributed by atoms with E-state index in [4.69, 9.17) is 4.74 Å². The van der Waals surface area contributed by atoms with E-state index in [1.807, 2.05) is 11.0 Å². The van der Waals surface area contributed by atoms with Gasteiger partial charge < -0.3 is 19.6 Å². The normalized spacial score (nSPS) is 15.4. The first-order valence-electron chi connectivity index (χ1n) is 9.85. The summed E-state index contributed by atoms with van der Waals surface area (Å²) in [4.78, 5) is 17.6. The molecule has 0 radical (unpaired) electrons. The largest absolute Gasteiger partial charge is 0.504 e. The van der Waals surface area contributed by atoms with Crippen molar-refractivity contribution in [2.75, 3.05) is 27.2 Å². The molecule has 1 fully saturated rings. The number of amides is 1. The van der Waals surface area contributed by atoms with E-state index in [1.54, 1.807) is 12.1 Å². The topological polar surface area (TPSA) is 53.0 Å². The molecule has 0 unspecified atom stereocenters. The van der Waals surface area contributed by atoms with Crippen molar-refractivity contribution in [2.45, 2.75) is 38.8 Å². The average Bonchev–Trinajstić information content (AvgIpc) is 2.68. The number of rotatable bonds is 6. The zero-order valence-electron chi connectivity index (χ0n) is 17.0. The van der Waals surface area contributed by atoms with Crippen LogP contribution in [0, 0.1) is 6.92 Å². The molecule has 1 N–H and O–H groups in total. The van der Waals surface area contributed by atoms with Gasteiger partial charge in [-0.15, -0.1) is 0 Å². The number of aromatic hydroxyl groups is 1. The molecule has 28 heavy (non-hydrogen) atoms. The van der Waals surface area contributed by atoms with Gasteiger partial charge in [-0.2, -0.15) is 0 Å². The van der Waals surface area contributed by atoms with Crippen molar-refractivity contribution in [3.05, 3.63) is 59.2 Å². The highest BCUT2D eigenvalue weighted by molar-refractivity contribution is 5.79. The standard InChI is InChI=1S/C23H30N2O3/c1-17-4-6-18(7-5-17)16-25(20-10-12-24(2)13-11-20)23(27)15-19-8-9-22(28-3)21(26)14-19/h4-9,14,20,26H,10-13,15-16H2,1-3H3. The first kappa shape index (κ1) is 20.2. The van der Waals surface area contributed by atoms with Gasteiger partial charge in [0.05, 0.1) is 13.5 Å². The lowest BCUT2D eigenvalue weighted by Gasteiger charge is -2.37. The number of ether oxygens (including phenoxy) is 1. The van der Waals surface area contributed by atoms with Gasteiger partial charge in [0.1, 0.15) is 0 Å². The smallest absolute Gasteiger partial charge is 0.227 e. The maximum atomic E-state index is 13.2. The number of carbonyl (C=O) groups is 1. The molecule has 0 aromatic heterocycles. The predicted molar refractivity (Wildman–Crippen MR) is 111 cm³/mol. The van der Waals surface area contributed by atoms with Crippen LogP contribution in [0.15, 0.2) is 42.5 Å². The molecule has 0 aliphatic carbocycles.